The summed E-state index contributed by atoms with van der Waals surface area (Å²) in [5.74, 6) is 0. The van der Waals surface area contributed by atoms with Gasteiger partial charge in [0.2, 0.25) is 0 Å². The SMILES string of the molecule is Cc1cc(NCCO)ccc1Cl. The molecule has 0 aromatic heterocycles. The summed E-state index contributed by atoms with van der Waals surface area (Å²) in [4.78, 5) is 0. The Morgan fingerprint density at radius 2 is 2.25 bits per heavy atom. The van der Waals surface area contributed by atoms with Crippen molar-refractivity contribution in [2.45, 2.75) is 6.92 Å². The summed E-state index contributed by atoms with van der Waals surface area (Å²) in [6.45, 7) is 2.66. The van der Waals surface area contributed by atoms with Crippen LogP contribution in [0.1, 0.15) is 5.56 Å². The Bertz CT molecular complexity index is 263. The Kier molecular flexibility index (Phi) is 3.38. The molecule has 12 heavy (non-hydrogen) atoms. The van der Waals surface area contributed by atoms with E-state index in [-0.39, 0.29) is 6.61 Å². The van der Waals surface area contributed by atoms with E-state index in [4.69, 9.17) is 16.7 Å². The molecule has 1 aromatic rings. The van der Waals surface area contributed by atoms with Gasteiger partial charge in [-0.15, -0.1) is 0 Å². The lowest BCUT2D eigenvalue weighted by Crippen LogP contribution is -2.05. The predicted molar refractivity (Wildman–Crippen MR) is 51.8 cm³/mol. The highest BCUT2D eigenvalue weighted by Crippen LogP contribution is 2.18. The van der Waals surface area contributed by atoms with Crippen molar-refractivity contribution in [2.75, 3.05) is 18.5 Å². The summed E-state index contributed by atoms with van der Waals surface area (Å²) in [7, 11) is 0. The second kappa shape index (κ2) is 4.33. The van der Waals surface area contributed by atoms with E-state index in [0.717, 1.165) is 16.3 Å². The summed E-state index contributed by atoms with van der Waals surface area (Å²) in [5, 5.41) is 12.4. The molecule has 0 aliphatic carbocycles. The first-order chi connectivity index (χ1) is 5.74. The van der Waals surface area contributed by atoms with Crippen molar-refractivity contribution in [1.82, 2.24) is 0 Å². The first-order valence-electron chi connectivity index (χ1n) is 3.85. The van der Waals surface area contributed by atoms with Crippen molar-refractivity contribution in [3.8, 4) is 0 Å². The Morgan fingerprint density at radius 1 is 1.50 bits per heavy atom. The van der Waals surface area contributed by atoms with Gasteiger partial charge in [0, 0.05) is 17.3 Å². The zero-order valence-electron chi connectivity index (χ0n) is 6.97. The van der Waals surface area contributed by atoms with Crippen LogP contribution < -0.4 is 5.32 Å². The molecule has 0 amide bonds. The number of rotatable bonds is 3. The van der Waals surface area contributed by atoms with Gasteiger partial charge in [-0.05, 0) is 30.7 Å². The molecule has 0 saturated heterocycles. The minimum atomic E-state index is 0.141. The van der Waals surface area contributed by atoms with Gasteiger partial charge in [0.25, 0.3) is 0 Å². The van der Waals surface area contributed by atoms with Gasteiger partial charge in [0.15, 0.2) is 0 Å². The van der Waals surface area contributed by atoms with Gasteiger partial charge in [0.05, 0.1) is 6.61 Å². The van der Waals surface area contributed by atoms with Crippen molar-refractivity contribution in [2.24, 2.45) is 0 Å². The van der Waals surface area contributed by atoms with Crippen LogP contribution in [0, 0.1) is 6.92 Å². The van der Waals surface area contributed by atoms with Gasteiger partial charge < -0.3 is 10.4 Å². The fourth-order valence-corrected chi connectivity index (χ4v) is 1.07. The lowest BCUT2D eigenvalue weighted by atomic mass is 10.2. The molecule has 0 aliphatic heterocycles. The number of hydrogen-bond donors (Lipinski definition) is 2. The molecule has 0 radical (unpaired) electrons. The van der Waals surface area contributed by atoms with Crippen LogP contribution in [0.2, 0.25) is 5.02 Å². The molecule has 0 fully saturated rings. The Hall–Kier alpha value is -0.730. The number of aliphatic hydroxyl groups excluding tert-OH is 1. The van der Waals surface area contributed by atoms with Crippen LogP contribution in [-0.2, 0) is 0 Å². The molecule has 0 heterocycles. The molecule has 66 valence electrons. The zero-order chi connectivity index (χ0) is 8.97. The first kappa shape index (κ1) is 9.36. The number of anilines is 1. The average molecular weight is 186 g/mol. The number of hydrogen-bond acceptors (Lipinski definition) is 2. The van der Waals surface area contributed by atoms with Gasteiger partial charge in [-0.1, -0.05) is 11.6 Å². The van der Waals surface area contributed by atoms with Crippen LogP contribution >= 0.6 is 11.6 Å². The summed E-state index contributed by atoms with van der Waals surface area (Å²) in [5.41, 5.74) is 2.03. The molecule has 1 rings (SSSR count). The first-order valence-corrected chi connectivity index (χ1v) is 4.22. The smallest absolute Gasteiger partial charge is 0.0604 e. The van der Waals surface area contributed by atoms with Crippen LogP contribution in [0.4, 0.5) is 5.69 Å². The van der Waals surface area contributed by atoms with Crippen LogP contribution in [0.15, 0.2) is 18.2 Å². The fraction of sp³-hybridized carbons (Fsp3) is 0.333. The Balaban J connectivity index is 2.69. The zero-order valence-corrected chi connectivity index (χ0v) is 7.73. The molecule has 0 unspecified atom stereocenters. The average Bonchev–Trinajstić information content (AvgIpc) is 2.07. The molecular weight excluding hydrogens is 174 g/mol. The highest BCUT2D eigenvalue weighted by atomic mass is 35.5. The summed E-state index contributed by atoms with van der Waals surface area (Å²) in [6.07, 6.45) is 0. The van der Waals surface area contributed by atoms with Gasteiger partial charge in [-0.2, -0.15) is 0 Å². The second-order valence-corrected chi connectivity index (χ2v) is 3.02. The predicted octanol–water partition coefficient (Wildman–Crippen LogP) is 2.05. The molecule has 2 N–H and O–H groups in total. The van der Waals surface area contributed by atoms with Gasteiger partial charge in [0.1, 0.15) is 0 Å². The van der Waals surface area contributed by atoms with Crippen LogP contribution in [0.5, 0.6) is 0 Å². The number of aryl methyl sites for hydroxylation is 1. The van der Waals surface area contributed by atoms with Crippen molar-refractivity contribution >= 4 is 17.3 Å². The third-order valence-corrected chi connectivity index (χ3v) is 2.02. The summed E-state index contributed by atoms with van der Waals surface area (Å²) in [6, 6.07) is 5.69. The standard InChI is InChI=1S/C9H12ClNO/c1-7-6-8(11-4-5-12)2-3-9(7)10/h2-3,6,11-12H,4-5H2,1H3. The van der Waals surface area contributed by atoms with Crippen molar-refractivity contribution < 1.29 is 5.11 Å². The summed E-state index contributed by atoms with van der Waals surface area (Å²) >= 11 is 5.84. The van der Waals surface area contributed by atoms with E-state index in [1.807, 2.05) is 25.1 Å². The summed E-state index contributed by atoms with van der Waals surface area (Å²) < 4.78 is 0. The van der Waals surface area contributed by atoms with Gasteiger partial charge in [-0.25, -0.2) is 0 Å². The van der Waals surface area contributed by atoms with E-state index >= 15 is 0 Å². The molecule has 1 aromatic carbocycles. The van der Waals surface area contributed by atoms with Crippen LogP contribution in [0.25, 0.3) is 0 Å². The van der Waals surface area contributed by atoms with Crippen LogP contribution in [-0.4, -0.2) is 18.3 Å². The van der Waals surface area contributed by atoms with E-state index in [1.54, 1.807) is 0 Å². The topological polar surface area (TPSA) is 32.3 Å². The van der Waals surface area contributed by atoms with Gasteiger partial charge >= 0.3 is 0 Å². The Morgan fingerprint density at radius 3 is 2.83 bits per heavy atom. The van der Waals surface area contributed by atoms with E-state index in [0.29, 0.717) is 6.54 Å². The number of benzene rings is 1. The normalized spacial score (nSPS) is 9.92. The maximum absolute atomic E-state index is 8.56. The van der Waals surface area contributed by atoms with Crippen molar-refractivity contribution in [3.63, 3.8) is 0 Å². The van der Waals surface area contributed by atoms with Crippen molar-refractivity contribution in [3.05, 3.63) is 28.8 Å². The highest BCUT2D eigenvalue weighted by Gasteiger charge is 1.95. The molecule has 0 saturated carbocycles. The monoisotopic (exact) mass is 185 g/mol. The minimum absolute atomic E-state index is 0.141. The van der Waals surface area contributed by atoms with E-state index in [2.05, 4.69) is 5.32 Å². The quantitative estimate of drug-likeness (QED) is 0.756. The van der Waals surface area contributed by atoms with Crippen molar-refractivity contribution in [1.29, 1.82) is 0 Å². The number of nitrogens with one attached hydrogen (secondary N) is 1. The van der Waals surface area contributed by atoms with Gasteiger partial charge in [-0.3, -0.25) is 0 Å². The van der Waals surface area contributed by atoms with E-state index in [9.17, 15) is 0 Å². The number of halogens is 1. The fourth-order valence-electron chi connectivity index (χ4n) is 0.955. The third-order valence-electron chi connectivity index (χ3n) is 1.60. The molecule has 0 atom stereocenters. The molecule has 3 heteroatoms. The Labute approximate surface area is 77.2 Å². The number of aliphatic hydroxyl groups is 1. The molecule has 0 bridgehead atoms. The lowest BCUT2D eigenvalue weighted by Gasteiger charge is -2.05. The minimum Gasteiger partial charge on any atom is -0.395 e. The molecular formula is C9H12ClNO. The molecule has 0 spiro atoms. The molecule has 2 nitrogen and oxygen atoms in total. The van der Waals surface area contributed by atoms with Crippen LogP contribution in [0.3, 0.4) is 0 Å². The molecule has 0 aliphatic rings. The maximum Gasteiger partial charge on any atom is 0.0604 e. The maximum atomic E-state index is 8.56. The highest BCUT2D eigenvalue weighted by molar-refractivity contribution is 6.31. The van der Waals surface area contributed by atoms with E-state index in [1.165, 1.54) is 0 Å². The lowest BCUT2D eigenvalue weighted by molar-refractivity contribution is 0.311. The second-order valence-electron chi connectivity index (χ2n) is 2.61. The largest absolute Gasteiger partial charge is 0.395 e. The third kappa shape index (κ3) is 2.40. The van der Waals surface area contributed by atoms with E-state index < -0.39 is 0 Å².